The Balaban J connectivity index is 1.19. The number of halogens is 1. The number of ether oxygens (including phenoxy) is 3. The Kier molecular flexibility index (Phi) is 8.69. The number of rotatable bonds is 10. The molecule has 0 amide bonds. The van der Waals surface area contributed by atoms with Gasteiger partial charge in [-0.1, -0.05) is 41.9 Å². The number of aromatic nitrogens is 3. The normalized spacial score (nSPS) is 22.0. The van der Waals surface area contributed by atoms with Crippen LogP contribution in [0.4, 0.5) is 0 Å². The molecule has 242 valence electrons. The van der Waals surface area contributed by atoms with E-state index in [1.54, 1.807) is 32.5 Å². The number of thiazole rings is 1. The highest BCUT2D eigenvalue weighted by Crippen LogP contribution is 2.48. The summed E-state index contributed by atoms with van der Waals surface area (Å²) >= 11 is 8.45. The monoisotopic (exact) mass is 680 g/mol. The Morgan fingerprint density at radius 1 is 1.11 bits per heavy atom. The van der Waals surface area contributed by atoms with E-state index in [0.29, 0.717) is 16.4 Å². The minimum Gasteiger partial charge on any atom is -0.379 e. The molecule has 1 aliphatic heterocycles. The third-order valence-electron chi connectivity index (χ3n) is 9.29. The Labute approximate surface area is 278 Å². The van der Waals surface area contributed by atoms with Crippen LogP contribution in [-0.4, -0.2) is 72.2 Å². The molecule has 2 fully saturated rings. The lowest BCUT2D eigenvalue weighted by Crippen LogP contribution is -2.39. The highest BCUT2D eigenvalue weighted by Gasteiger charge is 2.45. The van der Waals surface area contributed by atoms with Crippen LogP contribution >= 0.6 is 22.9 Å². The van der Waals surface area contributed by atoms with Gasteiger partial charge in [-0.2, -0.15) is 0 Å². The largest absolute Gasteiger partial charge is 0.379 e. The molecule has 0 radical (unpaired) electrons. The van der Waals surface area contributed by atoms with Crippen molar-refractivity contribution in [3.05, 3.63) is 87.5 Å². The first-order chi connectivity index (χ1) is 22.2. The number of pyridine rings is 1. The first-order valence-corrected chi connectivity index (χ1v) is 18.2. The quantitative estimate of drug-likeness (QED) is 0.174. The van der Waals surface area contributed by atoms with Crippen molar-refractivity contribution >= 4 is 49.6 Å². The van der Waals surface area contributed by atoms with Gasteiger partial charge < -0.3 is 14.2 Å². The number of hydrogen-bond acceptors (Lipinski definition) is 9. The van der Waals surface area contributed by atoms with Crippen LogP contribution in [-0.2, 0) is 36.4 Å². The Morgan fingerprint density at radius 3 is 2.59 bits per heavy atom. The molecule has 4 heterocycles. The molecule has 0 spiro atoms. The van der Waals surface area contributed by atoms with E-state index in [4.69, 9.17) is 25.8 Å². The van der Waals surface area contributed by atoms with E-state index in [2.05, 4.69) is 27.0 Å². The molecule has 1 saturated heterocycles. The Bertz CT molecular complexity index is 1910. The third kappa shape index (κ3) is 5.66. The van der Waals surface area contributed by atoms with Crippen LogP contribution in [0.2, 0.25) is 0 Å². The molecule has 4 aromatic rings. The summed E-state index contributed by atoms with van der Waals surface area (Å²) in [6, 6.07) is 13.7. The first kappa shape index (κ1) is 31.7. The zero-order valence-corrected chi connectivity index (χ0v) is 28.3. The van der Waals surface area contributed by atoms with Gasteiger partial charge in [-0.3, -0.25) is 4.90 Å². The highest BCUT2D eigenvalue weighted by molar-refractivity contribution is 7.91. The number of allylic oxidation sites excluding steroid dienone is 3. The topological polar surface area (TPSA) is 95.8 Å². The lowest BCUT2D eigenvalue weighted by atomic mass is 9.80. The van der Waals surface area contributed by atoms with Crippen molar-refractivity contribution in [2.75, 3.05) is 40.2 Å². The second-order valence-corrected chi connectivity index (χ2v) is 16.0. The maximum Gasteiger partial charge on any atom is 0.250 e. The predicted molar refractivity (Wildman–Crippen MR) is 181 cm³/mol. The van der Waals surface area contributed by atoms with Crippen molar-refractivity contribution in [3.8, 4) is 11.3 Å². The van der Waals surface area contributed by atoms with Gasteiger partial charge in [-0.15, -0.1) is 11.3 Å². The Hall–Kier alpha value is -2.90. The number of morpholine rings is 1. The van der Waals surface area contributed by atoms with E-state index >= 15 is 0 Å². The van der Waals surface area contributed by atoms with Gasteiger partial charge in [0.15, 0.2) is 5.65 Å². The van der Waals surface area contributed by atoms with Crippen molar-refractivity contribution < 1.29 is 22.6 Å². The first-order valence-electron chi connectivity index (χ1n) is 15.5. The number of nitrogens with zero attached hydrogens (tertiary/aromatic N) is 4. The summed E-state index contributed by atoms with van der Waals surface area (Å²) in [5.74, 6) is 0. The zero-order valence-electron chi connectivity index (χ0n) is 25.9. The Morgan fingerprint density at radius 2 is 1.89 bits per heavy atom. The molecule has 1 atom stereocenters. The maximum atomic E-state index is 14.7. The summed E-state index contributed by atoms with van der Waals surface area (Å²) in [7, 11) is -2.43. The molecular formula is C34H37ClN4O5S2. The summed E-state index contributed by atoms with van der Waals surface area (Å²) in [6.07, 6.45) is 10.1. The summed E-state index contributed by atoms with van der Waals surface area (Å²) in [5.41, 5.74) is 3.29. The molecular weight excluding hydrogens is 644 g/mol. The third-order valence-corrected chi connectivity index (χ3v) is 13.1. The van der Waals surface area contributed by atoms with Crippen LogP contribution in [0.15, 0.2) is 72.0 Å². The van der Waals surface area contributed by atoms with E-state index in [1.165, 1.54) is 20.9 Å². The molecule has 1 unspecified atom stereocenters. The average Bonchev–Trinajstić information content (AvgIpc) is 3.68. The summed E-state index contributed by atoms with van der Waals surface area (Å²) in [6.45, 7) is 6.04. The molecule has 9 nitrogen and oxygen atoms in total. The van der Waals surface area contributed by atoms with E-state index < -0.39 is 20.4 Å². The second kappa shape index (κ2) is 12.6. The van der Waals surface area contributed by atoms with E-state index in [1.807, 2.05) is 36.4 Å². The van der Waals surface area contributed by atoms with Crippen LogP contribution in [0, 0.1) is 0 Å². The molecule has 46 heavy (non-hydrogen) atoms. The van der Waals surface area contributed by atoms with E-state index in [-0.39, 0.29) is 13.2 Å². The average molecular weight is 681 g/mol. The van der Waals surface area contributed by atoms with Crippen LogP contribution in [0.5, 0.6) is 0 Å². The minimum atomic E-state index is -4.04. The number of hydrogen-bond donors (Lipinski definition) is 0. The van der Waals surface area contributed by atoms with Crippen molar-refractivity contribution in [1.82, 2.24) is 18.8 Å². The number of fused-ring (bicyclic) bond motifs is 1. The van der Waals surface area contributed by atoms with Crippen molar-refractivity contribution in [2.45, 2.75) is 49.5 Å². The fourth-order valence-corrected chi connectivity index (χ4v) is 9.85. The van der Waals surface area contributed by atoms with Gasteiger partial charge in [0, 0.05) is 55.1 Å². The van der Waals surface area contributed by atoms with Crippen molar-refractivity contribution in [3.63, 3.8) is 0 Å². The maximum absolute atomic E-state index is 14.7. The molecule has 1 saturated carbocycles. The van der Waals surface area contributed by atoms with Gasteiger partial charge in [0.05, 0.1) is 23.8 Å². The van der Waals surface area contributed by atoms with Gasteiger partial charge in [0.25, 0.3) is 0 Å². The molecule has 2 aliphatic carbocycles. The second-order valence-electron chi connectivity index (χ2n) is 12.4. The van der Waals surface area contributed by atoms with Crippen molar-refractivity contribution in [2.24, 2.45) is 0 Å². The van der Waals surface area contributed by atoms with E-state index in [0.717, 1.165) is 78.5 Å². The standard InChI is InChI=1S/C34H37ClN4O5S2/c1-33(13-10-27(28(35)20-33)30-21-37-32(45-30)34(11-4-12-34)44-23-42-2)46(40,41)39-29(19-26-5-3-14-36-31(26)39)25-8-6-24(7-9-25)22-38-15-17-43-18-16-38/h3,5-10,14,19-21H,4,11-13,15-18,22-23H2,1-2H3. The molecule has 3 aromatic heterocycles. The lowest BCUT2D eigenvalue weighted by Gasteiger charge is -2.39. The van der Waals surface area contributed by atoms with Gasteiger partial charge in [0.2, 0.25) is 10.0 Å². The number of benzene rings is 1. The van der Waals surface area contributed by atoms with Crippen molar-refractivity contribution in [1.29, 1.82) is 0 Å². The zero-order chi connectivity index (χ0) is 31.9. The van der Waals surface area contributed by atoms with Gasteiger partial charge in [0.1, 0.15) is 22.1 Å². The molecule has 1 aromatic carbocycles. The van der Waals surface area contributed by atoms with E-state index in [9.17, 15) is 8.42 Å². The smallest absolute Gasteiger partial charge is 0.250 e. The van der Waals surface area contributed by atoms with Crippen LogP contribution < -0.4 is 0 Å². The molecule has 12 heteroatoms. The predicted octanol–water partition coefficient (Wildman–Crippen LogP) is 6.54. The fraction of sp³-hybridized carbons (Fsp3) is 0.412. The van der Waals surface area contributed by atoms with Gasteiger partial charge in [-0.05, 0) is 68.0 Å². The minimum absolute atomic E-state index is 0.206. The summed E-state index contributed by atoms with van der Waals surface area (Å²) in [4.78, 5) is 12.5. The molecule has 7 rings (SSSR count). The van der Waals surface area contributed by atoms with Crippen LogP contribution in [0.25, 0.3) is 27.9 Å². The van der Waals surface area contributed by atoms with Gasteiger partial charge >= 0.3 is 0 Å². The lowest BCUT2D eigenvalue weighted by molar-refractivity contribution is -0.171. The summed E-state index contributed by atoms with van der Waals surface area (Å²) < 4.78 is 46.2. The van der Waals surface area contributed by atoms with Gasteiger partial charge in [-0.25, -0.2) is 22.4 Å². The van der Waals surface area contributed by atoms with Crippen LogP contribution in [0.3, 0.4) is 0 Å². The summed E-state index contributed by atoms with van der Waals surface area (Å²) in [5, 5.41) is 2.02. The highest BCUT2D eigenvalue weighted by atomic mass is 35.5. The molecule has 3 aliphatic rings. The SMILES string of the molecule is COCOC1(c2ncc(C3=CCC(C)(S(=O)(=O)n4c(-c5ccc(CN6CCOCC6)cc5)cc5cccnc54)C=C3Cl)s2)CCC1. The molecule has 0 N–H and O–H groups in total. The number of methoxy groups -OCH3 is 1. The fourth-order valence-electron chi connectivity index (χ4n) is 6.37. The molecule has 0 bridgehead atoms. The van der Waals surface area contributed by atoms with Crippen LogP contribution in [0.1, 0.15) is 48.1 Å².